The first-order valence-corrected chi connectivity index (χ1v) is 7.69. The molecule has 0 unspecified atom stereocenters. The van der Waals surface area contributed by atoms with Crippen LogP contribution in [0.3, 0.4) is 0 Å². The molecular formula is C18H17N3O3. The van der Waals surface area contributed by atoms with Gasteiger partial charge in [0.05, 0.1) is 7.11 Å². The number of benzene rings is 1. The van der Waals surface area contributed by atoms with E-state index in [1.807, 2.05) is 30.3 Å². The lowest BCUT2D eigenvalue weighted by Crippen LogP contribution is -2.26. The smallest absolute Gasteiger partial charge is 0.325 e. The van der Waals surface area contributed by atoms with Gasteiger partial charge in [-0.05, 0) is 25.0 Å². The number of nitrogens with zero attached hydrogens (tertiary/aromatic N) is 2. The van der Waals surface area contributed by atoms with Crippen LogP contribution in [0.4, 0.5) is 0 Å². The third-order valence-corrected chi connectivity index (χ3v) is 3.92. The van der Waals surface area contributed by atoms with Crippen molar-refractivity contribution in [2.24, 2.45) is 0 Å². The predicted octanol–water partition coefficient (Wildman–Crippen LogP) is 2.00. The van der Waals surface area contributed by atoms with Gasteiger partial charge in [0.2, 0.25) is 0 Å². The number of aromatic nitrogens is 1. The number of para-hydroxylation sites is 1. The first-order valence-electron chi connectivity index (χ1n) is 7.69. The number of nitrogens with one attached hydrogen (secondary N) is 1. The minimum Gasteiger partial charge on any atom is -0.468 e. The topological polar surface area (TPSA) is 84.1 Å². The Morgan fingerprint density at radius 3 is 2.83 bits per heavy atom. The minimum atomic E-state index is -0.363. The van der Waals surface area contributed by atoms with Gasteiger partial charge in [-0.15, -0.1) is 0 Å². The number of hydrogen-bond donors (Lipinski definition) is 1. The van der Waals surface area contributed by atoms with Gasteiger partial charge in [-0.1, -0.05) is 18.2 Å². The van der Waals surface area contributed by atoms with Crippen LogP contribution in [0.2, 0.25) is 0 Å². The van der Waals surface area contributed by atoms with E-state index in [2.05, 4.69) is 5.32 Å². The van der Waals surface area contributed by atoms with E-state index < -0.39 is 0 Å². The van der Waals surface area contributed by atoms with Crippen molar-refractivity contribution >= 4 is 28.9 Å². The first kappa shape index (κ1) is 15.8. The van der Waals surface area contributed by atoms with E-state index in [1.54, 1.807) is 16.8 Å². The fourth-order valence-electron chi connectivity index (χ4n) is 2.52. The first-order chi connectivity index (χ1) is 11.6. The Morgan fingerprint density at radius 2 is 2.17 bits per heavy atom. The fourth-order valence-corrected chi connectivity index (χ4v) is 2.52. The van der Waals surface area contributed by atoms with Crippen molar-refractivity contribution in [1.29, 1.82) is 5.26 Å². The van der Waals surface area contributed by atoms with Gasteiger partial charge < -0.3 is 14.6 Å². The molecule has 24 heavy (non-hydrogen) atoms. The minimum absolute atomic E-state index is 0.0582. The Hall–Kier alpha value is -3.07. The number of rotatable bonds is 5. The van der Waals surface area contributed by atoms with Gasteiger partial charge in [-0.25, -0.2) is 0 Å². The summed E-state index contributed by atoms with van der Waals surface area (Å²) in [7, 11) is 1.34. The van der Waals surface area contributed by atoms with Gasteiger partial charge in [0.25, 0.3) is 5.91 Å². The van der Waals surface area contributed by atoms with E-state index in [-0.39, 0.29) is 30.0 Å². The van der Waals surface area contributed by atoms with Crippen molar-refractivity contribution in [2.45, 2.75) is 25.4 Å². The maximum atomic E-state index is 12.1. The van der Waals surface area contributed by atoms with Crippen LogP contribution in [0.1, 0.15) is 18.4 Å². The number of carbonyl (C=O) groups excluding carboxylic acids is 2. The Labute approximate surface area is 139 Å². The van der Waals surface area contributed by atoms with Crippen LogP contribution in [0.5, 0.6) is 0 Å². The summed E-state index contributed by atoms with van der Waals surface area (Å²) in [5.74, 6) is -0.719. The molecule has 1 aliphatic carbocycles. The number of nitriles is 1. The molecule has 2 aromatic rings. The molecule has 6 heteroatoms. The number of esters is 1. The zero-order chi connectivity index (χ0) is 17.1. The highest BCUT2D eigenvalue weighted by molar-refractivity contribution is 6.04. The number of methoxy groups -OCH3 is 1. The van der Waals surface area contributed by atoms with Crippen molar-refractivity contribution in [3.05, 3.63) is 41.6 Å². The summed E-state index contributed by atoms with van der Waals surface area (Å²) in [6, 6.07) is 9.66. The highest BCUT2D eigenvalue weighted by atomic mass is 16.5. The number of ether oxygens (including phenoxy) is 1. The maximum Gasteiger partial charge on any atom is 0.325 e. The maximum absolute atomic E-state index is 12.1. The molecule has 0 aliphatic heterocycles. The van der Waals surface area contributed by atoms with Crippen LogP contribution in [-0.2, 0) is 20.9 Å². The highest BCUT2D eigenvalue weighted by Gasteiger charge is 2.25. The van der Waals surface area contributed by atoms with Crippen molar-refractivity contribution in [3.63, 3.8) is 0 Å². The van der Waals surface area contributed by atoms with Crippen LogP contribution >= 0.6 is 0 Å². The van der Waals surface area contributed by atoms with Crippen LogP contribution in [-0.4, -0.2) is 29.6 Å². The normalized spacial score (nSPS) is 14.2. The second-order valence-electron chi connectivity index (χ2n) is 5.72. The van der Waals surface area contributed by atoms with Gasteiger partial charge in [0.15, 0.2) is 0 Å². The van der Waals surface area contributed by atoms with Crippen molar-refractivity contribution in [2.75, 3.05) is 7.11 Å². The van der Waals surface area contributed by atoms with E-state index in [0.717, 1.165) is 29.3 Å². The summed E-state index contributed by atoms with van der Waals surface area (Å²) >= 11 is 0. The van der Waals surface area contributed by atoms with Gasteiger partial charge >= 0.3 is 5.97 Å². The molecule has 0 radical (unpaired) electrons. The van der Waals surface area contributed by atoms with Gasteiger partial charge in [0, 0.05) is 28.7 Å². The molecule has 1 aromatic heterocycles. The number of carbonyl (C=O) groups is 2. The lowest BCUT2D eigenvalue weighted by Gasteiger charge is -2.02. The van der Waals surface area contributed by atoms with E-state index in [9.17, 15) is 14.9 Å². The average molecular weight is 323 g/mol. The molecule has 0 saturated heterocycles. The second-order valence-corrected chi connectivity index (χ2v) is 5.72. The fraction of sp³-hybridized carbons (Fsp3) is 0.278. The third-order valence-electron chi connectivity index (χ3n) is 3.92. The second kappa shape index (κ2) is 6.59. The molecule has 0 spiro atoms. The zero-order valence-electron chi connectivity index (χ0n) is 13.3. The molecule has 1 saturated carbocycles. The van der Waals surface area contributed by atoms with Crippen LogP contribution in [0.15, 0.2) is 36.0 Å². The number of amides is 1. The van der Waals surface area contributed by atoms with E-state index in [4.69, 9.17) is 4.74 Å². The van der Waals surface area contributed by atoms with Gasteiger partial charge in [0.1, 0.15) is 18.2 Å². The molecule has 122 valence electrons. The van der Waals surface area contributed by atoms with Crippen LogP contribution in [0, 0.1) is 11.3 Å². The standard InChI is InChI=1S/C18H17N3O3/c1-24-17(22)11-21-10-13(15-4-2-3-5-16(15)21)8-12(9-19)18(23)20-14-6-7-14/h2-5,8,10,14H,6-7,11H2,1H3,(H,20,23)/b12-8+. The summed E-state index contributed by atoms with van der Waals surface area (Å²) in [6.07, 6.45) is 5.24. The van der Waals surface area contributed by atoms with Gasteiger partial charge in [-0.3, -0.25) is 9.59 Å². The summed E-state index contributed by atoms with van der Waals surface area (Å²) in [6.45, 7) is 0.0704. The lowest BCUT2D eigenvalue weighted by molar-refractivity contribution is -0.141. The number of fused-ring (bicyclic) bond motifs is 1. The van der Waals surface area contributed by atoms with Crippen LogP contribution < -0.4 is 5.32 Å². The molecule has 1 aromatic carbocycles. The Balaban J connectivity index is 1.98. The lowest BCUT2D eigenvalue weighted by atomic mass is 10.1. The molecule has 3 rings (SSSR count). The van der Waals surface area contributed by atoms with E-state index in [0.29, 0.717) is 0 Å². The highest BCUT2D eigenvalue weighted by Crippen LogP contribution is 2.24. The van der Waals surface area contributed by atoms with E-state index >= 15 is 0 Å². The Bertz CT molecular complexity index is 869. The number of hydrogen-bond acceptors (Lipinski definition) is 4. The van der Waals surface area contributed by atoms with Crippen molar-refractivity contribution in [1.82, 2.24) is 9.88 Å². The molecule has 1 N–H and O–H groups in total. The largest absolute Gasteiger partial charge is 0.468 e. The summed E-state index contributed by atoms with van der Waals surface area (Å²) in [5.41, 5.74) is 1.62. The quantitative estimate of drug-likeness (QED) is 0.518. The van der Waals surface area contributed by atoms with Gasteiger partial charge in [-0.2, -0.15) is 5.26 Å². The summed E-state index contributed by atoms with van der Waals surface area (Å²) in [4.78, 5) is 23.7. The van der Waals surface area contributed by atoms with Crippen molar-refractivity contribution < 1.29 is 14.3 Å². The summed E-state index contributed by atoms with van der Waals surface area (Å²) < 4.78 is 6.46. The van der Waals surface area contributed by atoms with Crippen LogP contribution in [0.25, 0.3) is 17.0 Å². The zero-order valence-corrected chi connectivity index (χ0v) is 13.3. The molecule has 0 atom stereocenters. The predicted molar refractivity (Wildman–Crippen MR) is 88.7 cm³/mol. The molecule has 6 nitrogen and oxygen atoms in total. The SMILES string of the molecule is COC(=O)Cn1cc(/C=C(\C#N)C(=O)NC2CC2)c2ccccc21. The molecule has 1 heterocycles. The van der Waals surface area contributed by atoms with E-state index in [1.165, 1.54) is 7.11 Å². The monoisotopic (exact) mass is 323 g/mol. The Morgan fingerprint density at radius 1 is 1.42 bits per heavy atom. The molecule has 1 amide bonds. The molecular weight excluding hydrogens is 306 g/mol. The molecule has 1 fully saturated rings. The molecule has 1 aliphatic rings. The summed E-state index contributed by atoms with van der Waals surface area (Å²) in [5, 5.41) is 13.0. The molecule has 0 bridgehead atoms. The third kappa shape index (κ3) is 3.30. The average Bonchev–Trinajstić information content (AvgIpc) is 3.34. The Kier molecular flexibility index (Phi) is 4.34. The van der Waals surface area contributed by atoms with Crippen molar-refractivity contribution in [3.8, 4) is 6.07 Å².